The van der Waals surface area contributed by atoms with Gasteiger partial charge in [-0.15, -0.1) is 12.4 Å². The van der Waals surface area contributed by atoms with Crippen molar-refractivity contribution in [3.05, 3.63) is 35.4 Å². The van der Waals surface area contributed by atoms with Gasteiger partial charge in [-0.2, -0.15) is 0 Å². The number of nitrogens with one attached hydrogen (secondary N) is 2. The molecule has 24 heavy (non-hydrogen) atoms. The molecule has 130 valence electrons. The van der Waals surface area contributed by atoms with Crippen LogP contribution < -0.4 is 10.6 Å². The first-order valence-corrected chi connectivity index (χ1v) is 8.69. The number of carbonyl (C=O) groups excluding carboxylic acids is 3. The maximum Gasteiger partial charge on any atom is 0.289 e. The van der Waals surface area contributed by atoms with Gasteiger partial charge in [-0.1, -0.05) is 23.9 Å². The lowest BCUT2D eigenvalue weighted by Crippen LogP contribution is -2.45. The van der Waals surface area contributed by atoms with Crippen molar-refractivity contribution in [1.82, 2.24) is 15.5 Å². The average Bonchev–Trinajstić information content (AvgIpc) is 2.88. The Bertz CT molecular complexity index is 619. The van der Waals surface area contributed by atoms with Gasteiger partial charge < -0.3 is 10.6 Å². The molecule has 0 saturated carbocycles. The Morgan fingerprint density at radius 1 is 1.38 bits per heavy atom. The Morgan fingerprint density at radius 3 is 2.88 bits per heavy atom. The van der Waals surface area contributed by atoms with E-state index in [1.165, 1.54) is 4.90 Å². The zero-order valence-corrected chi connectivity index (χ0v) is 14.8. The van der Waals surface area contributed by atoms with Crippen molar-refractivity contribution in [2.24, 2.45) is 0 Å². The topological polar surface area (TPSA) is 78.5 Å². The van der Waals surface area contributed by atoms with E-state index in [1.807, 2.05) is 6.07 Å². The summed E-state index contributed by atoms with van der Waals surface area (Å²) in [6.07, 6.45) is 2.04. The summed E-state index contributed by atoms with van der Waals surface area (Å²) in [5, 5.41) is 6.06. The van der Waals surface area contributed by atoms with Crippen molar-refractivity contribution >= 4 is 41.2 Å². The molecule has 0 radical (unpaired) electrons. The fraction of sp³-hybridized carbons (Fsp3) is 0.438. The summed E-state index contributed by atoms with van der Waals surface area (Å²) in [4.78, 5) is 36.9. The van der Waals surface area contributed by atoms with E-state index in [-0.39, 0.29) is 47.8 Å². The Kier molecular flexibility index (Phi) is 6.65. The van der Waals surface area contributed by atoms with Gasteiger partial charge in [0.15, 0.2) is 0 Å². The van der Waals surface area contributed by atoms with E-state index < -0.39 is 0 Å². The normalized spacial score (nSPS) is 20.7. The van der Waals surface area contributed by atoms with E-state index in [0.717, 1.165) is 43.3 Å². The number of halogens is 1. The molecular weight excluding hydrogens is 350 g/mol. The Hall–Kier alpha value is -1.57. The summed E-state index contributed by atoms with van der Waals surface area (Å²) in [5.41, 5.74) is 1.34. The van der Waals surface area contributed by atoms with Crippen LogP contribution in [0.3, 0.4) is 0 Å². The molecule has 0 aliphatic carbocycles. The molecule has 1 aromatic rings. The minimum Gasteiger partial charge on any atom is -0.348 e. The second kappa shape index (κ2) is 8.50. The van der Waals surface area contributed by atoms with Crippen LogP contribution in [0.25, 0.3) is 0 Å². The van der Waals surface area contributed by atoms with Crippen molar-refractivity contribution in [1.29, 1.82) is 0 Å². The summed E-state index contributed by atoms with van der Waals surface area (Å²) in [6.45, 7) is 2.01. The molecule has 2 aliphatic rings. The van der Waals surface area contributed by atoms with Gasteiger partial charge in [-0.3, -0.25) is 19.3 Å². The predicted octanol–water partition coefficient (Wildman–Crippen LogP) is 1.79. The highest BCUT2D eigenvalue weighted by atomic mass is 35.5. The molecule has 2 saturated heterocycles. The molecule has 2 heterocycles. The summed E-state index contributed by atoms with van der Waals surface area (Å²) < 4.78 is 0. The lowest BCUT2D eigenvalue weighted by Gasteiger charge is -2.24. The standard InChI is InChI=1S/C16H19N3O3S.ClH/c20-14-10-23-16(22)19(14)9-11-3-1-4-12(7-11)15(21)18-13-5-2-6-17-8-13;/h1,3-4,7,13,17H,2,5-6,8-10H2,(H,18,21);1H/t13-;/m0./s1. The highest BCUT2D eigenvalue weighted by molar-refractivity contribution is 8.14. The van der Waals surface area contributed by atoms with Crippen LogP contribution >= 0.6 is 24.2 Å². The zero-order chi connectivity index (χ0) is 16.2. The minimum absolute atomic E-state index is 0. The lowest BCUT2D eigenvalue weighted by molar-refractivity contribution is -0.125. The largest absolute Gasteiger partial charge is 0.348 e. The van der Waals surface area contributed by atoms with Crippen LogP contribution in [0.5, 0.6) is 0 Å². The summed E-state index contributed by atoms with van der Waals surface area (Å²) in [5.74, 6) is -0.0922. The maximum atomic E-state index is 12.3. The van der Waals surface area contributed by atoms with E-state index in [9.17, 15) is 14.4 Å². The quantitative estimate of drug-likeness (QED) is 0.845. The molecule has 8 heteroatoms. The highest BCUT2D eigenvalue weighted by Crippen LogP contribution is 2.21. The van der Waals surface area contributed by atoms with E-state index in [0.29, 0.717) is 5.56 Å². The first kappa shape index (κ1) is 18.8. The fourth-order valence-corrected chi connectivity index (χ4v) is 3.50. The molecule has 2 N–H and O–H groups in total. The first-order valence-electron chi connectivity index (χ1n) is 7.71. The number of amides is 3. The Balaban J connectivity index is 0.00000208. The van der Waals surface area contributed by atoms with Crippen LogP contribution in [0.4, 0.5) is 4.79 Å². The van der Waals surface area contributed by atoms with E-state index >= 15 is 0 Å². The fourth-order valence-electron chi connectivity index (χ4n) is 2.77. The summed E-state index contributed by atoms with van der Waals surface area (Å²) in [7, 11) is 0. The van der Waals surface area contributed by atoms with Gasteiger partial charge in [0.05, 0.1) is 12.3 Å². The third-order valence-electron chi connectivity index (χ3n) is 4.00. The van der Waals surface area contributed by atoms with Crippen LogP contribution in [0.2, 0.25) is 0 Å². The zero-order valence-electron chi connectivity index (χ0n) is 13.1. The number of rotatable bonds is 4. The van der Waals surface area contributed by atoms with Gasteiger partial charge >= 0.3 is 0 Å². The number of carbonyl (C=O) groups is 3. The summed E-state index contributed by atoms with van der Waals surface area (Å²) in [6, 6.07) is 7.24. The third-order valence-corrected chi connectivity index (χ3v) is 4.86. The van der Waals surface area contributed by atoms with Gasteiger partial charge in [0.1, 0.15) is 0 Å². The predicted molar refractivity (Wildman–Crippen MR) is 95.5 cm³/mol. The second-order valence-electron chi connectivity index (χ2n) is 5.75. The molecule has 0 aromatic heterocycles. The smallest absolute Gasteiger partial charge is 0.289 e. The number of hydrogen-bond donors (Lipinski definition) is 2. The maximum absolute atomic E-state index is 12.3. The van der Waals surface area contributed by atoms with E-state index in [1.54, 1.807) is 18.2 Å². The van der Waals surface area contributed by atoms with Gasteiger partial charge in [-0.25, -0.2) is 0 Å². The van der Waals surface area contributed by atoms with Crippen molar-refractivity contribution in [2.75, 3.05) is 18.8 Å². The first-order chi connectivity index (χ1) is 11.1. The monoisotopic (exact) mass is 369 g/mol. The van der Waals surface area contributed by atoms with Crippen LogP contribution in [0.1, 0.15) is 28.8 Å². The van der Waals surface area contributed by atoms with Crippen LogP contribution in [-0.4, -0.2) is 46.8 Å². The van der Waals surface area contributed by atoms with Gasteiger partial charge in [0.2, 0.25) is 5.91 Å². The SMILES string of the molecule is Cl.O=C(N[C@H]1CCCNC1)c1cccc(CN2C(=O)CSC2=O)c1. The second-order valence-corrected chi connectivity index (χ2v) is 6.68. The minimum atomic E-state index is -0.224. The van der Waals surface area contributed by atoms with E-state index in [2.05, 4.69) is 10.6 Å². The lowest BCUT2D eigenvalue weighted by atomic mass is 10.1. The molecule has 1 aromatic carbocycles. The average molecular weight is 370 g/mol. The molecule has 6 nitrogen and oxygen atoms in total. The number of piperidine rings is 1. The Labute approximate surface area is 151 Å². The summed E-state index contributed by atoms with van der Waals surface area (Å²) >= 11 is 1.02. The molecule has 0 unspecified atom stereocenters. The van der Waals surface area contributed by atoms with Gasteiger partial charge in [-0.05, 0) is 37.1 Å². The van der Waals surface area contributed by atoms with Gasteiger partial charge in [0, 0.05) is 18.2 Å². The van der Waals surface area contributed by atoms with Crippen molar-refractivity contribution in [2.45, 2.75) is 25.4 Å². The molecule has 0 spiro atoms. The van der Waals surface area contributed by atoms with Crippen LogP contribution in [0, 0.1) is 0 Å². The molecule has 0 bridgehead atoms. The Morgan fingerprint density at radius 2 is 2.21 bits per heavy atom. The number of imide groups is 1. The van der Waals surface area contributed by atoms with Crippen molar-refractivity contribution in [3.8, 4) is 0 Å². The number of nitrogens with zero attached hydrogens (tertiary/aromatic N) is 1. The molecular formula is C16H20ClN3O3S. The van der Waals surface area contributed by atoms with Crippen molar-refractivity contribution < 1.29 is 14.4 Å². The number of thioether (sulfide) groups is 1. The van der Waals surface area contributed by atoms with E-state index in [4.69, 9.17) is 0 Å². The molecule has 3 rings (SSSR count). The van der Waals surface area contributed by atoms with Crippen LogP contribution in [-0.2, 0) is 11.3 Å². The number of benzene rings is 1. The molecule has 2 fully saturated rings. The third kappa shape index (κ3) is 4.49. The molecule has 1 atom stereocenters. The van der Waals surface area contributed by atoms with Crippen molar-refractivity contribution in [3.63, 3.8) is 0 Å². The number of hydrogen-bond acceptors (Lipinski definition) is 5. The molecule has 3 amide bonds. The van der Waals surface area contributed by atoms with Gasteiger partial charge in [0.25, 0.3) is 11.1 Å². The van der Waals surface area contributed by atoms with Crippen LogP contribution in [0.15, 0.2) is 24.3 Å². The molecule has 2 aliphatic heterocycles. The highest BCUT2D eigenvalue weighted by Gasteiger charge is 2.29.